The van der Waals surface area contributed by atoms with Crippen LogP contribution in [0.4, 0.5) is 0 Å². The average Bonchev–Trinajstić information content (AvgIpc) is 2.42. The highest BCUT2D eigenvalue weighted by atomic mass is 16.7. The van der Waals surface area contributed by atoms with E-state index in [2.05, 4.69) is 33.8 Å². The quantitative estimate of drug-likeness (QED) is 0.640. The summed E-state index contributed by atoms with van der Waals surface area (Å²) in [5.41, 5.74) is 0.617. The predicted octanol–water partition coefficient (Wildman–Crippen LogP) is 2.35. The summed E-state index contributed by atoms with van der Waals surface area (Å²) >= 11 is 0. The molecule has 0 aromatic carbocycles. The number of hydrogen-bond donors (Lipinski definition) is 0. The molecular formula is C12H21BO3. The standard InChI is InChI=1S/C12H21BO3/c1-11(2)12(3,4)16-13(15-11)10-7-5-6-8-14-9-10/h7H,5-6,8-9H2,1-4H3. The Kier molecular flexibility index (Phi) is 3.17. The molecule has 0 aromatic rings. The van der Waals surface area contributed by atoms with Crippen LogP contribution in [0.2, 0.25) is 0 Å². The molecule has 1 fully saturated rings. The van der Waals surface area contributed by atoms with Crippen molar-refractivity contribution in [2.75, 3.05) is 13.2 Å². The van der Waals surface area contributed by atoms with Gasteiger partial charge in [-0.2, -0.15) is 0 Å². The van der Waals surface area contributed by atoms with Gasteiger partial charge in [0.1, 0.15) is 0 Å². The third-order valence-corrected chi connectivity index (χ3v) is 3.72. The Bertz CT molecular complexity index is 281. The van der Waals surface area contributed by atoms with Gasteiger partial charge in [-0.1, -0.05) is 6.08 Å². The molecule has 0 amide bonds. The zero-order chi connectivity index (χ0) is 11.8. The van der Waals surface area contributed by atoms with Gasteiger partial charge < -0.3 is 14.0 Å². The lowest BCUT2D eigenvalue weighted by Gasteiger charge is -2.32. The van der Waals surface area contributed by atoms with Gasteiger partial charge in [0.25, 0.3) is 0 Å². The van der Waals surface area contributed by atoms with Crippen LogP contribution in [-0.4, -0.2) is 31.5 Å². The Labute approximate surface area is 98.3 Å². The van der Waals surface area contributed by atoms with Gasteiger partial charge in [0.15, 0.2) is 0 Å². The summed E-state index contributed by atoms with van der Waals surface area (Å²) in [6, 6.07) is 0. The zero-order valence-electron chi connectivity index (χ0n) is 10.7. The fraction of sp³-hybridized carbons (Fsp3) is 0.833. The summed E-state index contributed by atoms with van der Waals surface area (Å²) in [5, 5.41) is 0. The average molecular weight is 224 g/mol. The number of allylic oxidation sites excluding steroid dienone is 1. The van der Waals surface area contributed by atoms with Crippen molar-refractivity contribution in [1.29, 1.82) is 0 Å². The number of ether oxygens (including phenoxy) is 1. The van der Waals surface area contributed by atoms with E-state index in [0.717, 1.165) is 24.9 Å². The highest BCUT2D eigenvalue weighted by Crippen LogP contribution is 2.38. The monoisotopic (exact) mass is 224 g/mol. The van der Waals surface area contributed by atoms with E-state index in [0.29, 0.717) is 6.61 Å². The molecule has 0 bridgehead atoms. The molecule has 2 rings (SSSR count). The van der Waals surface area contributed by atoms with Crippen molar-refractivity contribution in [3.63, 3.8) is 0 Å². The molecule has 2 aliphatic rings. The van der Waals surface area contributed by atoms with E-state index in [4.69, 9.17) is 14.0 Å². The first kappa shape index (κ1) is 12.2. The van der Waals surface area contributed by atoms with E-state index in [1.54, 1.807) is 0 Å². The Morgan fingerprint density at radius 1 is 1.12 bits per heavy atom. The molecule has 0 aromatic heterocycles. The van der Waals surface area contributed by atoms with Gasteiger partial charge in [-0.3, -0.25) is 0 Å². The Morgan fingerprint density at radius 2 is 1.75 bits per heavy atom. The summed E-state index contributed by atoms with van der Waals surface area (Å²) in [5.74, 6) is 0. The molecule has 2 heterocycles. The molecule has 0 spiro atoms. The van der Waals surface area contributed by atoms with Gasteiger partial charge in [0.2, 0.25) is 0 Å². The first-order valence-electron chi connectivity index (χ1n) is 6.05. The van der Waals surface area contributed by atoms with Crippen LogP contribution < -0.4 is 0 Å². The number of hydrogen-bond acceptors (Lipinski definition) is 3. The molecule has 90 valence electrons. The van der Waals surface area contributed by atoms with Crippen molar-refractivity contribution in [2.24, 2.45) is 0 Å². The van der Waals surface area contributed by atoms with Crippen molar-refractivity contribution < 1.29 is 14.0 Å². The van der Waals surface area contributed by atoms with Gasteiger partial charge in [-0.05, 0) is 46.0 Å². The third-order valence-electron chi connectivity index (χ3n) is 3.72. The Hall–Kier alpha value is -0.315. The molecule has 0 N–H and O–H groups in total. The molecule has 3 nitrogen and oxygen atoms in total. The highest BCUT2D eigenvalue weighted by Gasteiger charge is 2.52. The summed E-state index contributed by atoms with van der Waals surface area (Å²) in [7, 11) is -0.233. The van der Waals surface area contributed by atoms with Gasteiger partial charge in [0.05, 0.1) is 17.8 Å². The lowest BCUT2D eigenvalue weighted by Crippen LogP contribution is -2.41. The molecule has 0 aliphatic carbocycles. The maximum Gasteiger partial charge on any atom is 0.492 e. The van der Waals surface area contributed by atoms with Crippen LogP contribution >= 0.6 is 0 Å². The minimum absolute atomic E-state index is 0.233. The van der Waals surface area contributed by atoms with E-state index >= 15 is 0 Å². The Balaban J connectivity index is 2.10. The molecule has 0 saturated carbocycles. The van der Waals surface area contributed by atoms with Crippen molar-refractivity contribution in [1.82, 2.24) is 0 Å². The first-order valence-corrected chi connectivity index (χ1v) is 6.05. The lowest BCUT2D eigenvalue weighted by atomic mass is 9.78. The summed E-state index contributed by atoms with van der Waals surface area (Å²) < 4.78 is 17.5. The Morgan fingerprint density at radius 3 is 2.38 bits per heavy atom. The SMILES string of the molecule is CC1(C)OB(C2=CCCCOC2)OC1(C)C. The number of rotatable bonds is 1. The lowest BCUT2D eigenvalue weighted by molar-refractivity contribution is 0.00578. The van der Waals surface area contributed by atoms with Gasteiger partial charge in [-0.25, -0.2) is 0 Å². The van der Waals surface area contributed by atoms with Crippen LogP contribution in [0.5, 0.6) is 0 Å². The van der Waals surface area contributed by atoms with Crippen LogP contribution in [0.3, 0.4) is 0 Å². The molecule has 1 saturated heterocycles. The van der Waals surface area contributed by atoms with Crippen LogP contribution in [0.25, 0.3) is 0 Å². The second-order valence-corrected chi connectivity index (χ2v) is 5.56. The summed E-state index contributed by atoms with van der Waals surface area (Å²) in [4.78, 5) is 0. The van der Waals surface area contributed by atoms with Crippen LogP contribution in [-0.2, 0) is 14.0 Å². The molecule has 0 unspecified atom stereocenters. The highest BCUT2D eigenvalue weighted by molar-refractivity contribution is 6.54. The first-order chi connectivity index (χ1) is 7.42. The van der Waals surface area contributed by atoms with E-state index in [1.807, 2.05) is 0 Å². The van der Waals surface area contributed by atoms with Crippen LogP contribution in [0.15, 0.2) is 11.5 Å². The fourth-order valence-electron chi connectivity index (χ4n) is 1.88. The fourth-order valence-corrected chi connectivity index (χ4v) is 1.88. The van der Waals surface area contributed by atoms with Gasteiger partial charge in [0, 0.05) is 6.61 Å². The molecule has 16 heavy (non-hydrogen) atoms. The molecule has 0 radical (unpaired) electrons. The maximum absolute atomic E-state index is 5.99. The second-order valence-electron chi connectivity index (χ2n) is 5.56. The maximum atomic E-state index is 5.99. The summed E-state index contributed by atoms with van der Waals surface area (Å²) in [6.07, 6.45) is 4.34. The van der Waals surface area contributed by atoms with Crippen molar-refractivity contribution in [3.05, 3.63) is 11.5 Å². The minimum Gasteiger partial charge on any atom is -0.400 e. The normalized spacial score (nSPS) is 28.8. The van der Waals surface area contributed by atoms with E-state index in [9.17, 15) is 0 Å². The third kappa shape index (κ3) is 2.19. The summed E-state index contributed by atoms with van der Waals surface area (Å²) in [6.45, 7) is 9.77. The molecule has 0 atom stereocenters. The molecule has 4 heteroatoms. The van der Waals surface area contributed by atoms with E-state index in [1.165, 1.54) is 0 Å². The van der Waals surface area contributed by atoms with Crippen LogP contribution in [0, 0.1) is 0 Å². The van der Waals surface area contributed by atoms with E-state index < -0.39 is 0 Å². The van der Waals surface area contributed by atoms with Crippen molar-refractivity contribution in [2.45, 2.75) is 51.7 Å². The van der Waals surface area contributed by atoms with Crippen LogP contribution in [0.1, 0.15) is 40.5 Å². The molecule has 2 aliphatic heterocycles. The second kappa shape index (κ2) is 4.17. The van der Waals surface area contributed by atoms with Gasteiger partial charge >= 0.3 is 7.12 Å². The minimum atomic E-state index is -0.259. The molecular weight excluding hydrogens is 203 g/mol. The van der Waals surface area contributed by atoms with E-state index in [-0.39, 0.29) is 18.3 Å². The van der Waals surface area contributed by atoms with Crippen molar-refractivity contribution in [3.8, 4) is 0 Å². The van der Waals surface area contributed by atoms with Gasteiger partial charge in [-0.15, -0.1) is 0 Å². The van der Waals surface area contributed by atoms with Crippen molar-refractivity contribution >= 4 is 7.12 Å². The smallest absolute Gasteiger partial charge is 0.400 e. The zero-order valence-corrected chi connectivity index (χ0v) is 10.7. The largest absolute Gasteiger partial charge is 0.492 e. The topological polar surface area (TPSA) is 27.7 Å². The predicted molar refractivity (Wildman–Crippen MR) is 64.2 cm³/mol.